The van der Waals surface area contributed by atoms with E-state index in [1.807, 2.05) is 43.3 Å². The Balaban J connectivity index is 1.88. The molecule has 1 N–H and O–H groups in total. The number of carbonyl (C=O) groups is 1. The first-order valence-electron chi connectivity index (χ1n) is 10.4. The number of pyridine rings is 1. The number of hydrogen-bond acceptors (Lipinski definition) is 5. The topological polar surface area (TPSA) is 71.0 Å². The summed E-state index contributed by atoms with van der Waals surface area (Å²) in [5.74, 6) is 3.00. The van der Waals surface area contributed by atoms with E-state index >= 15 is 0 Å². The molecule has 32 heavy (non-hydrogen) atoms. The molecule has 0 aliphatic rings. The van der Waals surface area contributed by atoms with Crippen molar-refractivity contribution in [3.05, 3.63) is 70.8 Å². The van der Waals surface area contributed by atoms with Crippen molar-refractivity contribution in [2.75, 3.05) is 26.0 Å². The Kier molecular flexibility index (Phi) is 7.93. The van der Waals surface area contributed by atoms with Crippen molar-refractivity contribution in [2.45, 2.75) is 25.7 Å². The summed E-state index contributed by atoms with van der Waals surface area (Å²) in [5.41, 5.74) is 3.42. The van der Waals surface area contributed by atoms with Crippen LogP contribution in [0.5, 0.6) is 0 Å². The van der Waals surface area contributed by atoms with E-state index in [1.165, 1.54) is 6.08 Å². The van der Waals surface area contributed by atoms with Gasteiger partial charge in [-0.15, -0.1) is 6.42 Å². The zero-order valence-electron chi connectivity index (χ0n) is 18.5. The molecule has 2 heterocycles. The van der Waals surface area contributed by atoms with E-state index in [0.717, 1.165) is 35.0 Å². The molecule has 0 bridgehead atoms. The predicted molar refractivity (Wildman–Crippen MR) is 130 cm³/mol. The summed E-state index contributed by atoms with van der Waals surface area (Å²) in [6.07, 6.45) is 13.7. The fourth-order valence-electron chi connectivity index (χ4n) is 3.44. The Morgan fingerprint density at radius 1 is 1.28 bits per heavy atom. The van der Waals surface area contributed by atoms with Gasteiger partial charge in [-0.2, -0.15) is 0 Å². The first-order valence-corrected chi connectivity index (χ1v) is 10.8. The van der Waals surface area contributed by atoms with Gasteiger partial charge in [0.25, 0.3) is 0 Å². The monoisotopic (exact) mass is 447 g/mol. The Bertz CT molecular complexity index is 1180. The molecule has 0 aliphatic heterocycles. The minimum Gasteiger partial charge on any atom is -0.307 e. The minimum atomic E-state index is -0.230. The number of amides is 1. The Morgan fingerprint density at radius 2 is 2.09 bits per heavy atom. The highest BCUT2D eigenvalue weighted by Gasteiger charge is 2.17. The van der Waals surface area contributed by atoms with Gasteiger partial charge in [0, 0.05) is 29.5 Å². The van der Waals surface area contributed by atoms with Crippen LogP contribution in [-0.2, 0) is 11.2 Å². The molecule has 0 saturated heterocycles. The number of nitrogens with zero attached hydrogens (tertiary/aromatic N) is 4. The number of likely N-dealkylation sites (N-methyl/N-ethyl adjacent to an activating group) is 1. The van der Waals surface area contributed by atoms with Crippen molar-refractivity contribution in [3.63, 3.8) is 0 Å². The SMILES string of the molecule is C#Cc1cc(CC(CC)c2ncnc3cnc(NC(=O)/C=C/CN(C)C)cc23)ccc1Cl. The molecule has 0 saturated carbocycles. The zero-order valence-corrected chi connectivity index (χ0v) is 19.2. The summed E-state index contributed by atoms with van der Waals surface area (Å²) in [5, 5.41) is 4.26. The predicted octanol–water partition coefficient (Wildman–Crippen LogP) is 4.45. The molecular formula is C25H26ClN5O. The molecule has 1 amide bonds. The Morgan fingerprint density at radius 3 is 2.81 bits per heavy atom. The van der Waals surface area contributed by atoms with Crippen LogP contribution in [0.4, 0.5) is 5.82 Å². The smallest absolute Gasteiger partial charge is 0.249 e. The van der Waals surface area contributed by atoms with E-state index in [9.17, 15) is 4.79 Å². The summed E-state index contributed by atoms with van der Waals surface area (Å²) in [6, 6.07) is 7.60. The lowest BCUT2D eigenvalue weighted by Gasteiger charge is -2.17. The maximum absolute atomic E-state index is 12.2. The fraction of sp³-hybridized carbons (Fsp3) is 0.280. The van der Waals surface area contributed by atoms with Crippen LogP contribution < -0.4 is 5.32 Å². The van der Waals surface area contributed by atoms with Crippen molar-refractivity contribution in [2.24, 2.45) is 0 Å². The number of carbonyl (C=O) groups excluding carboxylic acids is 1. The summed E-state index contributed by atoms with van der Waals surface area (Å²) in [7, 11) is 3.88. The van der Waals surface area contributed by atoms with Gasteiger partial charge in [0.15, 0.2) is 0 Å². The van der Waals surface area contributed by atoms with E-state index in [-0.39, 0.29) is 11.8 Å². The molecule has 3 rings (SSSR count). The third kappa shape index (κ3) is 5.91. The lowest BCUT2D eigenvalue weighted by atomic mass is 9.91. The van der Waals surface area contributed by atoms with Crippen molar-refractivity contribution >= 4 is 34.2 Å². The van der Waals surface area contributed by atoms with Crippen molar-refractivity contribution in [3.8, 4) is 12.3 Å². The first kappa shape index (κ1) is 23.4. The number of nitrogens with one attached hydrogen (secondary N) is 1. The van der Waals surface area contributed by atoms with Crippen molar-refractivity contribution in [1.82, 2.24) is 19.9 Å². The third-order valence-corrected chi connectivity index (χ3v) is 5.42. The van der Waals surface area contributed by atoms with Crippen LogP contribution in [-0.4, -0.2) is 46.4 Å². The molecule has 0 spiro atoms. The number of hydrogen-bond donors (Lipinski definition) is 1. The zero-order chi connectivity index (χ0) is 23.1. The Labute approximate surface area is 193 Å². The van der Waals surface area contributed by atoms with Crippen LogP contribution in [0.1, 0.15) is 36.1 Å². The van der Waals surface area contributed by atoms with Gasteiger partial charge in [-0.25, -0.2) is 15.0 Å². The number of rotatable bonds is 8. The highest BCUT2D eigenvalue weighted by molar-refractivity contribution is 6.31. The second kappa shape index (κ2) is 10.9. The highest BCUT2D eigenvalue weighted by Crippen LogP contribution is 2.30. The number of benzene rings is 1. The maximum Gasteiger partial charge on any atom is 0.249 e. The molecular weight excluding hydrogens is 422 g/mol. The molecule has 2 aromatic heterocycles. The second-order valence-corrected chi connectivity index (χ2v) is 8.17. The average Bonchev–Trinajstić information content (AvgIpc) is 2.78. The molecule has 0 radical (unpaired) electrons. The molecule has 7 heteroatoms. The van der Waals surface area contributed by atoms with Gasteiger partial charge in [-0.05, 0) is 50.7 Å². The molecule has 1 atom stereocenters. The molecule has 1 unspecified atom stereocenters. The van der Waals surface area contributed by atoms with Crippen molar-refractivity contribution < 1.29 is 4.79 Å². The van der Waals surface area contributed by atoms with E-state index in [0.29, 0.717) is 22.9 Å². The van der Waals surface area contributed by atoms with E-state index < -0.39 is 0 Å². The second-order valence-electron chi connectivity index (χ2n) is 7.77. The summed E-state index contributed by atoms with van der Waals surface area (Å²) in [4.78, 5) is 27.5. The lowest BCUT2D eigenvalue weighted by molar-refractivity contribution is -0.111. The Hall–Kier alpha value is -3.27. The molecule has 0 aliphatic carbocycles. The van der Waals surface area contributed by atoms with Gasteiger partial charge in [0.2, 0.25) is 5.91 Å². The molecule has 164 valence electrons. The fourth-order valence-corrected chi connectivity index (χ4v) is 3.61. The average molecular weight is 448 g/mol. The van der Waals surface area contributed by atoms with E-state index in [4.69, 9.17) is 18.0 Å². The summed E-state index contributed by atoms with van der Waals surface area (Å²) in [6.45, 7) is 2.80. The van der Waals surface area contributed by atoms with Gasteiger partial charge < -0.3 is 10.2 Å². The van der Waals surface area contributed by atoms with Crippen LogP contribution in [0.25, 0.3) is 10.9 Å². The molecule has 6 nitrogen and oxygen atoms in total. The van der Waals surface area contributed by atoms with Crippen LogP contribution >= 0.6 is 11.6 Å². The van der Waals surface area contributed by atoms with Crippen LogP contribution in [0.15, 0.2) is 48.9 Å². The van der Waals surface area contributed by atoms with E-state index in [1.54, 1.807) is 18.6 Å². The maximum atomic E-state index is 12.2. The quantitative estimate of drug-likeness (QED) is 0.408. The molecule has 3 aromatic rings. The largest absolute Gasteiger partial charge is 0.307 e. The highest BCUT2D eigenvalue weighted by atomic mass is 35.5. The molecule has 1 aromatic carbocycles. The first-order chi connectivity index (χ1) is 15.4. The number of aromatic nitrogens is 3. The van der Waals surface area contributed by atoms with Gasteiger partial charge in [0.05, 0.1) is 22.4 Å². The third-order valence-electron chi connectivity index (χ3n) is 5.09. The van der Waals surface area contributed by atoms with Crippen LogP contribution in [0.2, 0.25) is 5.02 Å². The molecule has 0 fully saturated rings. The van der Waals surface area contributed by atoms with Gasteiger partial charge >= 0.3 is 0 Å². The number of halogens is 1. The van der Waals surface area contributed by atoms with Gasteiger partial charge in [0.1, 0.15) is 12.1 Å². The van der Waals surface area contributed by atoms with Gasteiger partial charge in [-0.3, -0.25) is 4.79 Å². The van der Waals surface area contributed by atoms with Crippen LogP contribution in [0, 0.1) is 12.3 Å². The minimum absolute atomic E-state index is 0.137. The normalized spacial score (nSPS) is 12.2. The lowest BCUT2D eigenvalue weighted by Crippen LogP contribution is -2.13. The van der Waals surface area contributed by atoms with E-state index in [2.05, 4.69) is 33.1 Å². The summed E-state index contributed by atoms with van der Waals surface area (Å²) < 4.78 is 0. The van der Waals surface area contributed by atoms with Gasteiger partial charge in [-0.1, -0.05) is 36.6 Å². The number of fused-ring (bicyclic) bond motifs is 1. The van der Waals surface area contributed by atoms with Crippen molar-refractivity contribution in [1.29, 1.82) is 0 Å². The van der Waals surface area contributed by atoms with Crippen LogP contribution in [0.3, 0.4) is 0 Å². The standard InChI is InChI=1S/C25H26ClN5O/c1-5-18-12-17(9-10-21(18)26)13-19(6-2)25-20-14-23(27-15-22(20)28-16-29-25)30-24(32)8-7-11-31(3)4/h1,7-10,12,14-16,19H,6,11,13H2,2-4H3,(H,27,30,32)/b8-7+. The number of terminal acetylenes is 1. The summed E-state index contributed by atoms with van der Waals surface area (Å²) >= 11 is 6.16. The number of anilines is 1.